The molecule has 0 fully saturated rings. The maximum Gasteiger partial charge on any atom is 0.417 e. The van der Waals surface area contributed by atoms with Crippen molar-refractivity contribution in [3.63, 3.8) is 0 Å². The van der Waals surface area contributed by atoms with Gasteiger partial charge in [-0.1, -0.05) is 23.4 Å². The van der Waals surface area contributed by atoms with Gasteiger partial charge in [0, 0.05) is 11.9 Å². The number of hydrogen-bond acceptors (Lipinski definition) is 4. The van der Waals surface area contributed by atoms with Crippen LogP contribution in [0, 0.1) is 0 Å². The Morgan fingerprint density at radius 3 is 2.56 bits per heavy atom. The van der Waals surface area contributed by atoms with Crippen LogP contribution in [0.3, 0.4) is 0 Å². The Balaban J connectivity index is 1.91. The zero-order valence-corrected chi connectivity index (χ0v) is 14.6. The third kappa shape index (κ3) is 5.82. The van der Waals surface area contributed by atoms with E-state index in [4.69, 9.17) is 16.3 Å². The van der Waals surface area contributed by atoms with Crippen LogP contribution < -0.4 is 10.1 Å². The molecule has 1 N–H and O–H groups in total. The molecule has 1 aromatic carbocycles. The van der Waals surface area contributed by atoms with E-state index in [-0.39, 0.29) is 21.7 Å². The van der Waals surface area contributed by atoms with Crippen molar-refractivity contribution in [3.8, 4) is 5.75 Å². The third-order valence-corrected chi connectivity index (χ3v) is 4.33. The number of carbonyl (C=O) groups is 1. The fourth-order valence-corrected chi connectivity index (χ4v) is 2.81. The van der Waals surface area contributed by atoms with Crippen LogP contribution in [-0.4, -0.2) is 23.3 Å². The van der Waals surface area contributed by atoms with Gasteiger partial charge in [0.15, 0.2) is 0 Å². The summed E-state index contributed by atoms with van der Waals surface area (Å²) in [6, 6.07) is 7.62. The van der Waals surface area contributed by atoms with Gasteiger partial charge in [0.1, 0.15) is 10.8 Å². The van der Waals surface area contributed by atoms with Crippen LogP contribution in [0.25, 0.3) is 0 Å². The zero-order chi connectivity index (χ0) is 18.4. The van der Waals surface area contributed by atoms with E-state index in [2.05, 4.69) is 10.3 Å². The van der Waals surface area contributed by atoms with Gasteiger partial charge in [-0.3, -0.25) is 4.79 Å². The first kappa shape index (κ1) is 19.4. The number of amides is 1. The Morgan fingerprint density at radius 1 is 1.32 bits per heavy atom. The number of carbonyl (C=O) groups excluding carboxylic acids is 1. The molecule has 0 unspecified atom stereocenters. The number of halogens is 4. The second-order valence-corrected chi connectivity index (χ2v) is 6.17. The Morgan fingerprint density at radius 2 is 2.00 bits per heavy atom. The van der Waals surface area contributed by atoms with E-state index >= 15 is 0 Å². The molecular weight excluding hydrogens is 377 g/mol. The quantitative estimate of drug-likeness (QED) is 0.714. The molecule has 1 heterocycles. The highest BCUT2D eigenvalue weighted by molar-refractivity contribution is 8.00. The number of alkyl halides is 3. The van der Waals surface area contributed by atoms with Crippen LogP contribution >= 0.6 is 23.4 Å². The van der Waals surface area contributed by atoms with Gasteiger partial charge in [0.2, 0.25) is 5.91 Å². The van der Waals surface area contributed by atoms with Gasteiger partial charge in [-0.15, -0.1) is 0 Å². The summed E-state index contributed by atoms with van der Waals surface area (Å²) in [5.41, 5.74) is -0.346. The lowest BCUT2D eigenvalue weighted by Gasteiger charge is -2.09. The standard InChI is InChI=1S/C16H14ClF3N2O2S/c1-2-24-12-5-3-11(4-6-12)22-14(23)9-25-15-13(17)7-10(8-21-15)16(18,19)20/h3-8H,2,9H2,1H3,(H,22,23). The van der Waals surface area contributed by atoms with Crippen molar-refractivity contribution in [2.75, 3.05) is 17.7 Å². The summed E-state index contributed by atoms with van der Waals surface area (Å²) < 4.78 is 43.0. The normalized spacial score (nSPS) is 11.2. The second kappa shape index (κ2) is 8.44. The number of nitrogens with one attached hydrogen (secondary N) is 1. The molecule has 1 aromatic heterocycles. The van der Waals surface area contributed by atoms with E-state index in [1.54, 1.807) is 24.3 Å². The lowest BCUT2D eigenvalue weighted by Crippen LogP contribution is -2.14. The summed E-state index contributed by atoms with van der Waals surface area (Å²) in [7, 11) is 0. The molecule has 2 rings (SSSR count). The van der Waals surface area contributed by atoms with Crippen LogP contribution in [0.1, 0.15) is 12.5 Å². The average Bonchev–Trinajstić information content (AvgIpc) is 2.55. The van der Waals surface area contributed by atoms with Crippen LogP contribution in [-0.2, 0) is 11.0 Å². The summed E-state index contributed by atoms with van der Waals surface area (Å²) in [6.45, 7) is 2.41. The largest absolute Gasteiger partial charge is 0.494 e. The molecule has 0 saturated heterocycles. The zero-order valence-electron chi connectivity index (χ0n) is 13.1. The van der Waals surface area contributed by atoms with E-state index in [0.717, 1.165) is 17.8 Å². The Kier molecular flexibility index (Phi) is 6.55. The predicted molar refractivity (Wildman–Crippen MR) is 91.2 cm³/mol. The van der Waals surface area contributed by atoms with Gasteiger partial charge in [0.05, 0.1) is 22.9 Å². The molecule has 9 heteroatoms. The summed E-state index contributed by atoms with van der Waals surface area (Å²) in [6.07, 6.45) is -3.82. The van der Waals surface area contributed by atoms with Crippen molar-refractivity contribution in [3.05, 3.63) is 47.1 Å². The number of hydrogen-bond donors (Lipinski definition) is 1. The molecule has 2 aromatic rings. The van der Waals surface area contributed by atoms with Crippen molar-refractivity contribution in [1.82, 2.24) is 4.98 Å². The summed E-state index contributed by atoms with van der Waals surface area (Å²) >= 11 is 6.76. The average molecular weight is 391 g/mol. The SMILES string of the molecule is CCOc1ccc(NC(=O)CSc2ncc(C(F)(F)F)cc2Cl)cc1. The van der Waals surface area contributed by atoms with Gasteiger partial charge in [-0.05, 0) is 37.3 Å². The molecule has 0 aliphatic heterocycles. The van der Waals surface area contributed by atoms with Crippen LogP contribution in [0.2, 0.25) is 5.02 Å². The van der Waals surface area contributed by atoms with E-state index in [1.165, 1.54) is 0 Å². The van der Waals surface area contributed by atoms with Crippen LogP contribution in [0.15, 0.2) is 41.6 Å². The van der Waals surface area contributed by atoms with Crippen molar-refractivity contribution in [2.45, 2.75) is 18.1 Å². The van der Waals surface area contributed by atoms with E-state index in [9.17, 15) is 18.0 Å². The summed E-state index contributed by atoms with van der Waals surface area (Å²) in [4.78, 5) is 15.6. The summed E-state index contributed by atoms with van der Waals surface area (Å²) in [5.74, 6) is 0.327. The van der Waals surface area contributed by atoms with Crippen molar-refractivity contribution in [2.24, 2.45) is 0 Å². The number of aromatic nitrogens is 1. The Bertz CT molecular complexity index is 739. The second-order valence-electron chi connectivity index (χ2n) is 4.80. The number of benzene rings is 1. The number of ether oxygens (including phenoxy) is 1. The molecule has 25 heavy (non-hydrogen) atoms. The number of pyridine rings is 1. The fourth-order valence-electron chi connectivity index (χ4n) is 1.82. The molecule has 4 nitrogen and oxygen atoms in total. The molecule has 0 saturated carbocycles. The van der Waals surface area contributed by atoms with Crippen LogP contribution in [0.4, 0.5) is 18.9 Å². The molecule has 0 aliphatic rings. The van der Waals surface area contributed by atoms with Gasteiger partial charge < -0.3 is 10.1 Å². The van der Waals surface area contributed by atoms with E-state index in [1.807, 2.05) is 6.92 Å². The summed E-state index contributed by atoms with van der Waals surface area (Å²) in [5, 5.41) is 2.69. The smallest absolute Gasteiger partial charge is 0.417 e. The van der Waals surface area contributed by atoms with Gasteiger partial charge >= 0.3 is 6.18 Å². The highest BCUT2D eigenvalue weighted by atomic mass is 35.5. The number of rotatable bonds is 6. The first-order valence-electron chi connectivity index (χ1n) is 7.18. The molecule has 134 valence electrons. The number of anilines is 1. The van der Waals surface area contributed by atoms with E-state index in [0.29, 0.717) is 24.2 Å². The first-order valence-corrected chi connectivity index (χ1v) is 8.54. The molecular formula is C16H14ClF3N2O2S. The molecule has 0 atom stereocenters. The number of nitrogens with zero attached hydrogens (tertiary/aromatic N) is 1. The molecule has 0 radical (unpaired) electrons. The van der Waals surface area contributed by atoms with Crippen molar-refractivity contribution >= 4 is 35.0 Å². The minimum absolute atomic E-state index is 0.0364. The van der Waals surface area contributed by atoms with Gasteiger partial charge in [-0.2, -0.15) is 13.2 Å². The van der Waals surface area contributed by atoms with Gasteiger partial charge in [-0.25, -0.2) is 4.98 Å². The molecule has 0 bridgehead atoms. The van der Waals surface area contributed by atoms with Crippen molar-refractivity contribution in [1.29, 1.82) is 0 Å². The highest BCUT2D eigenvalue weighted by Crippen LogP contribution is 2.33. The topological polar surface area (TPSA) is 51.2 Å². The maximum atomic E-state index is 12.6. The minimum Gasteiger partial charge on any atom is -0.494 e. The monoisotopic (exact) mass is 390 g/mol. The Hall–Kier alpha value is -1.93. The molecule has 0 aliphatic carbocycles. The van der Waals surface area contributed by atoms with Crippen molar-refractivity contribution < 1.29 is 22.7 Å². The molecule has 1 amide bonds. The first-order chi connectivity index (χ1) is 11.8. The minimum atomic E-state index is -4.51. The predicted octanol–water partition coefficient (Wildman–Crippen LogP) is 4.88. The lowest BCUT2D eigenvalue weighted by molar-refractivity contribution is -0.137. The number of thioether (sulfide) groups is 1. The van der Waals surface area contributed by atoms with Gasteiger partial charge in [0.25, 0.3) is 0 Å². The van der Waals surface area contributed by atoms with E-state index < -0.39 is 11.7 Å². The highest BCUT2D eigenvalue weighted by Gasteiger charge is 2.31. The Labute approximate surface area is 151 Å². The fraction of sp³-hybridized carbons (Fsp3) is 0.250. The maximum absolute atomic E-state index is 12.6. The van der Waals surface area contributed by atoms with Crippen LogP contribution in [0.5, 0.6) is 5.75 Å². The lowest BCUT2D eigenvalue weighted by atomic mass is 10.3. The molecule has 0 spiro atoms. The third-order valence-electron chi connectivity index (χ3n) is 2.92.